The van der Waals surface area contributed by atoms with Crippen LogP contribution in [0.25, 0.3) is 0 Å². The maximum absolute atomic E-state index is 13.6. The van der Waals surface area contributed by atoms with Crippen LogP contribution in [0.1, 0.15) is 18.9 Å². The first kappa shape index (κ1) is 27.7. The van der Waals surface area contributed by atoms with Crippen molar-refractivity contribution in [3.05, 3.63) is 82.3 Å². The summed E-state index contributed by atoms with van der Waals surface area (Å²) in [7, 11) is 1.57. The van der Waals surface area contributed by atoms with Crippen molar-refractivity contribution in [1.82, 2.24) is 4.90 Å². The third-order valence-electron chi connectivity index (χ3n) is 6.11. The van der Waals surface area contributed by atoms with Crippen LogP contribution < -0.4 is 19.7 Å². The summed E-state index contributed by atoms with van der Waals surface area (Å²) in [5.41, 5.74) is 2.08. The highest BCUT2D eigenvalue weighted by atomic mass is 35.5. The number of thiocarbonyl (C=S) groups is 1. The highest BCUT2D eigenvalue weighted by molar-refractivity contribution is 7.80. The summed E-state index contributed by atoms with van der Waals surface area (Å²) in [6, 6.07) is 18.6. The number of hydrogen-bond donors (Lipinski definition) is 1. The van der Waals surface area contributed by atoms with Gasteiger partial charge < -0.3 is 19.7 Å². The molecule has 1 aliphatic heterocycles. The van der Waals surface area contributed by atoms with Gasteiger partial charge in [-0.3, -0.25) is 14.5 Å². The smallest absolute Gasteiger partial charge is 0.256 e. The Balaban J connectivity index is 1.54. The van der Waals surface area contributed by atoms with Crippen LogP contribution in [0.2, 0.25) is 10.0 Å². The molecule has 1 N–H and O–H groups in total. The quantitative estimate of drug-likeness (QED) is 0.302. The van der Waals surface area contributed by atoms with Gasteiger partial charge in [0.25, 0.3) is 5.91 Å². The van der Waals surface area contributed by atoms with Gasteiger partial charge in [0.1, 0.15) is 17.5 Å². The van der Waals surface area contributed by atoms with E-state index in [0.29, 0.717) is 57.6 Å². The van der Waals surface area contributed by atoms with Gasteiger partial charge in [0.2, 0.25) is 5.91 Å². The molecule has 0 aliphatic carbocycles. The standard InChI is InChI=1S/C28H27Cl2N3O4S/c1-3-37-23-10-6-20(7-11-23)31-26(34)17-25-27(35)33(21-8-12-22(36-2)13-9-21)28(38)32(25)15-14-18-4-5-19(29)16-24(18)30/h4-13,16,25H,3,14-15,17H2,1-2H3,(H,31,34)/t25-/m1/s1. The molecule has 1 saturated heterocycles. The normalized spacial score (nSPS) is 15.1. The summed E-state index contributed by atoms with van der Waals surface area (Å²) >= 11 is 18.2. The maximum atomic E-state index is 13.6. The molecular weight excluding hydrogens is 545 g/mol. The van der Waals surface area contributed by atoms with Crippen LogP contribution >= 0.6 is 35.4 Å². The molecule has 0 aromatic heterocycles. The first-order valence-corrected chi connectivity index (χ1v) is 13.2. The first-order valence-electron chi connectivity index (χ1n) is 12.1. The number of carbonyl (C=O) groups is 2. The fourth-order valence-electron chi connectivity index (χ4n) is 4.21. The van der Waals surface area contributed by atoms with Crippen molar-refractivity contribution >= 4 is 63.7 Å². The van der Waals surface area contributed by atoms with E-state index in [0.717, 1.165) is 5.56 Å². The molecule has 7 nitrogen and oxygen atoms in total. The molecule has 0 saturated carbocycles. The van der Waals surface area contributed by atoms with Crippen LogP contribution in [0.3, 0.4) is 0 Å². The van der Waals surface area contributed by atoms with Gasteiger partial charge in [-0.25, -0.2) is 0 Å². The summed E-state index contributed by atoms with van der Waals surface area (Å²) < 4.78 is 10.7. The molecule has 4 rings (SSSR count). The van der Waals surface area contributed by atoms with E-state index in [1.165, 1.54) is 4.90 Å². The van der Waals surface area contributed by atoms with Gasteiger partial charge in [-0.1, -0.05) is 29.3 Å². The number of carbonyl (C=O) groups excluding carboxylic acids is 2. The Kier molecular flexibility index (Phi) is 9.09. The number of methoxy groups -OCH3 is 1. The second-order valence-electron chi connectivity index (χ2n) is 8.56. The van der Waals surface area contributed by atoms with Gasteiger partial charge in [0.05, 0.1) is 25.8 Å². The maximum Gasteiger partial charge on any atom is 0.256 e. The average Bonchev–Trinajstić information content (AvgIpc) is 3.13. The molecular formula is C28H27Cl2N3O4S. The lowest BCUT2D eigenvalue weighted by Gasteiger charge is -2.24. The van der Waals surface area contributed by atoms with Crippen LogP contribution in [0, 0.1) is 0 Å². The summed E-state index contributed by atoms with van der Waals surface area (Å²) in [6.45, 7) is 2.84. The Labute approximate surface area is 237 Å². The van der Waals surface area contributed by atoms with Crippen molar-refractivity contribution in [2.45, 2.75) is 25.8 Å². The Morgan fingerprint density at radius 1 is 1.03 bits per heavy atom. The topological polar surface area (TPSA) is 71.1 Å². The van der Waals surface area contributed by atoms with Crippen LogP contribution in [-0.2, 0) is 16.0 Å². The van der Waals surface area contributed by atoms with E-state index in [2.05, 4.69) is 5.32 Å². The Bertz CT molecular complexity index is 1320. The van der Waals surface area contributed by atoms with Gasteiger partial charge in [-0.05, 0) is 91.8 Å². The van der Waals surface area contributed by atoms with Crippen LogP contribution in [0.5, 0.6) is 11.5 Å². The monoisotopic (exact) mass is 571 g/mol. The van der Waals surface area contributed by atoms with E-state index in [9.17, 15) is 9.59 Å². The predicted octanol–water partition coefficient (Wildman–Crippen LogP) is 5.97. The zero-order valence-corrected chi connectivity index (χ0v) is 23.3. The lowest BCUT2D eigenvalue weighted by atomic mass is 10.1. The van der Waals surface area contributed by atoms with E-state index in [-0.39, 0.29) is 18.2 Å². The minimum atomic E-state index is -0.779. The molecule has 10 heteroatoms. The molecule has 0 bridgehead atoms. The molecule has 0 radical (unpaired) electrons. The lowest BCUT2D eigenvalue weighted by Crippen LogP contribution is -2.39. The molecule has 2 amide bonds. The summed E-state index contributed by atoms with van der Waals surface area (Å²) in [5.74, 6) is 0.793. The number of nitrogens with zero attached hydrogens (tertiary/aromatic N) is 2. The van der Waals surface area contributed by atoms with E-state index in [4.69, 9.17) is 44.9 Å². The van der Waals surface area contributed by atoms with Gasteiger partial charge in [-0.2, -0.15) is 0 Å². The van der Waals surface area contributed by atoms with Gasteiger partial charge in [-0.15, -0.1) is 0 Å². The predicted molar refractivity (Wildman–Crippen MR) is 155 cm³/mol. The minimum Gasteiger partial charge on any atom is -0.497 e. The number of rotatable bonds is 10. The molecule has 0 unspecified atom stereocenters. The molecule has 1 heterocycles. The Hall–Kier alpha value is -3.33. The summed E-state index contributed by atoms with van der Waals surface area (Å²) in [4.78, 5) is 29.9. The van der Waals surface area contributed by atoms with Gasteiger partial charge in [0.15, 0.2) is 5.11 Å². The molecule has 38 heavy (non-hydrogen) atoms. The fraction of sp³-hybridized carbons (Fsp3) is 0.250. The molecule has 198 valence electrons. The van der Waals surface area contributed by atoms with Gasteiger partial charge >= 0.3 is 0 Å². The van der Waals surface area contributed by atoms with Crippen LogP contribution in [0.15, 0.2) is 66.7 Å². The minimum absolute atomic E-state index is 0.0762. The second kappa shape index (κ2) is 12.5. The SMILES string of the molecule is CCOc1ccc(NC(=O)C[C@@H]2C(=O)N(c3ccc(OC)cc3)C(=S)N2CCc2ccc(Cl)cc2Cl)cc1. The average molecular weight is 573 g/mol. The highest BCUT2D eigenvalue weighted by Gasteiger charge is 2.44. The first-order chi connectivity index (χ1) is 18.3. The third kappa shape index (κ3) is 6.38. The van der Waals surface area contributed by atoms with Crippen molar-refractivity contribution in [2.24, 2.45) is 0 Å². The molecule has 1 aliphatic rings. The Morgan fingerprint density at radius 3 is 2.34 bits per heavy atom. The zero-order valence-electron chi connectivity index (χ0n) is 20.9. The second-order valence-corrected chi connectivity index (χ2v) is 9.77. The fourth-order valence-corrected chi connectivity index (χ4v) is 5.13. The number of ether oxygens (including phenoxy) is 2. The number of hydrogen-bond acceptors (Lipinski definition) is 5. The van der Waals surface area contributed by atoms with E-state index in [1.807, 2.05) is 13.0 Å². The van der Waals surface area contributed by atoms with Crippen molar-refractivity contribution in [3.63, 3.8) is 0 Å². The van der Waals surface area contributed by atoms with Crippen molar-refractivity contribution in [1.29, 1.82) is 0 Å². The van der Waals surface area contributed by atoms with Crippen LogP contribution in [-0.4, -0.2) is 48.1 Å². The number of nitrogens with one attached hydrogen (secondary N) is 1. The third-order valence-corrected chi connectivity index (χ3v) is 7.12. The van der Waals surface area contributed by atoms with Crippen molar-refractivity contribution < 1.29 is 19.1 Å². The number of benzene rings is 3. The van der Waals surface area contributed by atoms with E-state index < -0.39 is 6.04 Å². The zero-order chi connectivity index (χ0) is 27.2. The molecule has 3 aromatic carbocycles. The molecule has 1 atom stereocenters. The van der Waals surface area contributed by atoms with E-state index in [1.54, 1.807) is 72.7 Å². The summed E-state index contributed by atoms with van der Waals surface area (Å²) in [6.07, 6.45) is 0.435. The Morgan fingerprint density at radius 2 is 1.71 bits per heavy atom. The highest BCUT2D eigenvalue weighted by Crippen LogP contribution is 2.30. The number of amides is 2. The van der Waals surface area contributed by atoms with Crippen LogP contribution in [0.4, 0.5) is 11.4 Å². The van der Waals surface area contributed by atoms with Crippen molar-refractivity contribution in [3.8, 4) is 11.5 Å². The van der Waals surface area contributed by atoms with Crippen molar-refractivity contribution in [2.75, 3.05) is 30.5 Å². The summed E-state index contributed by atoms with van der Waals surface area (Å²) in [5, 5.41) is 4.26. The largest absolute Gasteiger partial charge is 0.497 e. The van der Waals surface area contributed by atoms with Gasteiger partial charge in [0, 0.05) is 22.3 Å². The molecule has 1 fully saturated rings. The van der Waals surface area contributed by atoms with E-state index >= 15 is 0 Å². The molecule has 3 aromatic rings. The number of anilines is 2. The molecule has 0 spiro atoms. The number of halogens is 2. The lowest BCUT2D eigenvalue weighted by molar-refractivity contribution is -0.124.